The molecule has 2 heterocycles. The lowest BCUT2D eigenvalue weighted by Crippen LogP contribution is -2.30. The maximum Gasteiger partial charge on any atom is 0.266 e. The Morgan fingerprint density at radius 3 is 2.47 bits per heavy atom. The molecule has 32 heavy (non-hydrogen) atoms. The van der Waals surface area contributed by atoms with Crippen LogP contribution < -0.4 is 10.0 Å². The number of aliphatic imine (C=N–C) groups is 1. The molecule has 0 radical (unpaired) electrons. The van der Waals surface area contributed by atoms with E-state index < -0.39 is 10.0 Å². The Balaban J connectivity index is 1.46. The van der Waals surface area contributed by atoms with Crippen LogP contribution in [-0.2, 0) is 10.0 Å². The molecule has 2 aromatic carbocycles. The number of hydrogen-bond acceptors (Lipinski definition) is 5. The van der Waals surface area contributed by atoms with Gasteiger partial charge in [0.2, 0.25) is 0 Å². The third kappa shape index (κ3) is 5.26. The van der Waals surface area contributed by atoms with E-state index in [2.05, 4.69) is 15.0 Å². The summed E-state index contributed by atoms with van der Waals surface area (Å²) < 4.78 is 28.0. The van der Waals surface area contributed by atoms with E-state index in [1.807, 2.05) is 42.6 Å². The summed E-state index contributed by atoms with van der Waals surface area (Å²) in [5.74, 6) is 0.290. The van der Waals surface area contributed by atoms with Gasteiger partial charge in [0.1, 0.15) is 5.84 Å². The van der Waals surface area contributed by atoms with Gasteiger partial charge in [0.15, 0.2) is 0 Å². The third-order valence-electron chi connectivity index (χ3n) is 5.28. The van der Waals surface area contributed by atoms with E-state index in [1.54, 1.807) is 12.1 Å². The molecule has 0 unspecified atom stereocenters. The first-order valence-corrected chi connectivity index (χ1v) is 12.9. The number of nitrogens with zero attached hydrogens (tertiary/aromatic N) is 1. The highest BCUT2D eigenvalue weighted by Crippen LogP contribution is 2.29. The number of carbonyl (C=O) groups excluding carboxylic acids is 1. The van der Waals surface area contributed by atoms with Gasteiger partial charge in [-0.05, 0) is 61.0 Å². The minimum atomic E-state index is -3.70. The Hall–Kier alpha value is -2.97. The Morgan fingerprint density at radius 2 is 1.72 bits per heavy atom. The molecule has 1 aliphatic rings. The molecule has 1 amide bonds. The predicted octanol–water partition coefficient (Wildman–Crippen LogP) is 5.23. The van der Waals surface area contributed by atoms with Crippen LogP contribution in [-0.4, -0.2) is 26.7 Å². The molecule has 166 valence electrons. The number of hydrogen-bond donors (Lipinski definition) is 2. The molecule has 0 saturated heterocycles. The van der Waals surface area contributed by atoms with Crippen molar-refractivity contribution >= 4 is 38.8 Å². The van der Waals surface area contributed by atoms with Crippen LogP contribution in [0.4, 0.5) is 5.69 Å². The summed E-state index contributed by atoms with van der Waals surface area (Å²) >= 11 is 1.37. The number of amides is 1. The Bertz CT molecular complexity index is 1230. The second-order valence-electron chi connectivity index (χ2n) is 7.75. The summed E-state index contributed by atoms with van der Waals surface area (Å²) in [7, 11) is -3.70. The normalized spacial score (nSPS) is 14.3. The van der Waals surface area contributed by atoms with Crippen LogP contribution in [0.2, 0.25) is 0 Å². The molecular weight excluding hydrogens is 442 g/mol. The Labute approximate surface area is 192 Å². The van der Waals surface area contributed by atoms with Crippen LogP contribution in [0, 0.1) is 6.92 Å². The van der Waals surface area contributed by atoms with Gasteiger partial charge in [-0.25, -0.2) is 8.42 Å². The topological polar surface area (TPSA) is 87.6 Å². The molecular formula is C24H25N3O3S2. The molecule has 8 heteroatoms. The minimum Gasteiger partial charge on any atom is -0.321 e. The van der Waals surface area contributed by atoms with Gasteiger partial charge < -0.3 is 5.32 Å². The Kier molecular flexibility index (Phi) is 6.72. The number of nitrogens with one attached hydrogen (secondary N) is 2. The molecule has 1 aliphatic heterocycles. The summed E-state index contributed by atoms with van der Waals surface area (Å²) in [6, 6.07) is 16.1. The highest BCUT2D eigenvalue weighted by atomic mass is 32.2. The van der Waals surface area contributed by atoms with Crippen molar-refractivity contribution in [1.82, 2.24) is 4.72 Å². The lowest BCUT2D eigenvalue weighted by atomic mass is 10.0. The molecule has 0 saturated carbocycles. The van der Waals surface area contributed by atoms with Gasteiger partial charge in [0.05, 0.1) is 9.77 Å². The molecule has 3 aromatic rings. The average Bonchev–Trinajstić information content (AvgIpc) is 3.13. The van der Waals surface area contributed by atoms with Crippen molar-refractivity contribution < 1.29 is 13.2 Å². The zero-order chi connectivity index (χ0) is 22.6. The zero-order valence-corrected chi connectivity index (χ0v) is 19.4. The van der Waals surface area contributed by atoms with Crippen LogP contribution >= 0.6 is 11.3 Å². The monoisotopic (exact) mass is 467 g/mol. The van der Waals surface area contributed by atoms with Gasteiger partial charge in [0.25, 0.3) is 15.9 Å². The van der Waals surface area contributed by atoms with E-state index >= 15 is 0 Å². The number of rotatable bonds is 5. The number of aryl methyl sites for hydroxylation is 1. The number of amidine groups is 1. The van der Waals surface area contributed by atoms with Gasteiger partial charge in [0, 0.05) is 24.2 Å². The molecule has 4 rings (SSSR count). The summed E-state index contributed by atoms with van der Waals surface area (Å²) in [5, 5.41) is 4.76. The van der Waals surface area contributed by atoms with Gasteiger partial charge in [-0.3, -0.25) is 14.5 Å². The van der Waals surface area contributed by atoms with Crippen molar-refractivity contribution in [2.45, 2.75) is 37.5 Å². The lowest BCUT2D eigenvalue weighted by molar-refractivity contribution is 0.103. The van der Waals surface area contributed by atoms with Crippen molar-refractivity contribution in [2.24, 2.45) is 4.99 Å². The maximum atomic E-state index is 12.9. The van der Waals surface area contributed by atoms with Gasteiger partial charge in [-0.1, -0.05) is 36.2 Å². The molecule has 0 aliphatic carbocycles. The minimum absolute atomic E-state index is 0.138. The molecule has 0 fully saturated rings. The Morgan fingerprint density at radius 1 is 0.969 bits per heavy atom. The molecule has 2 N–H and O–H groups in total. The van der Waals surface area contributed by atoms with Crippen LogP contribution in [0.3, 0.4) is 0 Å². The first-order chi connectivity index (χ1) is 15.4. The maximum absolute atomic E-state index is 12.9. The van der Waals surface area contributed by atoms with Gasteiger partial charge in [-0.15, -0.1) is 11.3 Å². The first kappa shape index (κ1) is 22.2. The summed E-state index contributed by atoms with van der Waals surface area (Å²) in [4.78, 5) is 17.9. The standard InChI is InChI=1S/C24H25N3O3S2/c1-17-6-8-18(9-7-17)21-14-16-31-23(21)24(28)26-19-10-12-20(13-11-19)32(29,30)27-22-5-3-2-4-15-25-22/h6-14,16H,2-5,15H2,1H3,(H,25,27)(H,26,28). The third-order valence-corrected chi connectivity index (χ3v) is 7.59. The van der Waals surface area contributed by atoms with Crippen molar-refractivity contribution in [3.63, 3.8) is 0 Å². The summed E-state index contributed by atoms with van der Waals surface area (Å²) in [5.41, 5.74) is 3.55. The van der Waals surface area contributed by atoms with E-state index in [0.717, 1.165) is 36.0 Å². The second-order valence-corrected chi connectivity index (χ2v) is 10.4. The summed E-state index contributed by atoms with van der Waals surface area (Å²) in [6.45, 7) is 2.67. The lowest BCUT2D eigenvalue weighted by Gasteiger charge is -2.11. The van der Waals surface area contributed by atoms with Crippen molar-refractivity contribution in [3.8, 4) is 11.1 Å². The molecule has 0 atom stereocenters. The van der Waals surface area contributed by atoms with Crippen LogP contribution in [0.5, 0.6) is 0 Å². The number of thiophene rings is 1. The molecule has 0 spiro atoms. The largest absolute Gasteiger partial charge is 0.321 e. The van der Waals surface area contributed by atoms with E-state index in [1.165, 1.54) is 23.5 Å². The molecule has 0 bridgehead atoms. The van der Waals surface area contributed by atoms with Crippen LogP contribution in [0.25, 0.3) is 11.1 Å². The van der Waals surface area contributed by atoms with Crippen molar-refractivity contribution in [2.75, 3.05) is 11.9 Å². The smallest absolute Gasteiger partial charge is 0.266 e. The number of carbonyl (C=O) groups is 1. The average molecular weight is 468 g/mol. The number of anilines is 1. The highest BCUT2D eigenvalue weighted by Gasteiger charge is 2.18. The van der Waals surface area contributed by atoms with Gasteiger partial charge >= 0.3 is 0 Å². The van der Waals surface area contributed by atoms with Crippen LogP contribution in [0.1, 0.15) is 40.9 Å². The van der Waals surface area contributed by atoms with E-state index in [-0.39, 0.29) is 10.8 Å². The second kappa shape index (κ2) is 9.67. The predicted molar refractivity (Wildman–Crippen MR) is 130 cm³/mol. The fraction of sp³-hybridized carbons (Fsp3) is 0.250. The van der Waals surface area contributed by atoms with E-state index in [4.69, 9.17) is 0 Å². The fourth-order valence-electron chi connectivity index (χ4n) is 3.52. The number of benzene rings is 2. The fourth-order valence-corrected chi connectivity index (χ4v) is 5.42. The van der Waals surface area contributed by atoms with E-state index in [9.17, 15) is 13.2 Å². The first-order valence-electron chi connectivity index (χ1n) is 10.5. The zero-order valence-electron chi connectivity index (χ0n) is 17.8. The van der Waals surface area contributed by atoms with Gasteiger partial charge in [-0.2, -0.15) is 0 Å². The number of sulfonamides is 1. The van der Waals surface area contributed by atoms with Crippen molar-refractivity contribution in [3.05, 3.63) is 70.4 Å². The molecule has 6 nitrogen and oxygen atoms in total. The van der Waals surface area contributed by atoms with Crippen LogP contribution in [0.15, 0.2) is 69.9 Å². The summed E-state index contributed by atoms with van der Waals surface area (Å²) in [6.07, 6.45) is 3.60. The van der Waals surface area contributed by atoms with E-state index in [0.29, 0.717) is 29.4 Å². The quantitative estimate of drug-likeness (QED) is 0.539. The molecule has 1 aromatic heterocycles. The highest BCUT2D eigenvalue weighted by molar-refractivity contribution is 7.90. The van der Waals surface area contributed by atoms with Crippen molar-refractivity contribution in [1.29, 1.82) is 0 Å². The SMILES string of the molecule is Cc1ccc(-c2ccsc2C(=O)Nc2ccc(S(=O)(=O)NC3=NCCCCC3)cc2)cc1.